The molecule has 0 saturated carbocycles. The molecule has 0 aromatic heterocycles. The van der Waals surface area contributed by atoms with Crippen LogP contribution in [0.15, 0.2) is 0 Å². The fraction of sp³-hybridized carbons (Fsp3) is 1.00. The molecule has 9 heavy (non-hydrogen) atoms. The summed E-state index contributed by atoms with van der Waals surface area (Å²) in [6, 6.07) is 0. The Morgan fingerprint density at radius 3 is 2.44 bits per heavy atom. The average Bonchev–Trinajstić information content (AvgIpc) is 1.80. The molecule has 0 rings (SSSR count). The van der Waals surface area contributed by atoms with Crippen molar-refractivity contribution in [1.29, 1.82) is 0 Å². The van der Waals surface area contributed by atoms with Crippen LogP contribution in [0.1, 0.15) is 0 Å². The van der Waals surface area contributed by atoms with Crippen LogP contribution in [0.5, 0.6) is 0 Å². The van der Waals surface area contributed by atoms with E-state index in [9.17, 15) is 0 Å². The van der Waals surface area contributed by atoms with Gasteiger partial charge in [0.15, 0.2) is 0 Å². The summed E-state index contributed by atoms with van der Waals surface area (Å²) < 4.78 is 1.27. The first-order valence-electron chi connectivity index (χ1n) is 3.06. The van der Waals surface area contributed by atoms with Gasteiger partial charge in [-0.2, -0.15) is 11.8 Å². The topological polar surface area (TPSA) is 3.24 Å². The predicted octanol–water partition coefficient (Wildman–Crippen LogP) is 1.72. The molecule has 0 aromatic carbocycles. The Bertz CT molecular complexity index is 59.0. The summed E-state index contributed by atoms with van der Waals surface area (Å²) >= 11 is 4.44. The summed E-state index contributed by atoms with van der Waals surface area (Å²) in [5, 5.41) is 0. The molecule has 3 heteroatoms. The third kappa shape index (κ3) is 9.04. The minimum atomic E-state index is 1.21. The molecular weight excluding hydrogens is 245 g/mol. The van der Waals surface area contributed by atoms with Crippen LogP contribution >= 0.6 is 34.4 Å². The van der Waals surface area contributed by atoms with Gasteiger partial charge in [0.2, 0.25) is 0 Å². The second kappa shape index (κ2) is 7.15. The van der Waals surface area contributed by atoms with Crippen LogP contribution in [0.25, 0.3) is 0 Å². The van der Waals surface area contributed by atoms with Crippen molar-refractivity contribution in [1.82, 2.24) is 4.90 Å². The van der Waals surface area contributed by atoms with Crippen molar-refractivity contribution in [2.45, 2.75) is 0 Å². The van der Waals surface area contributed by atoms with Crippen LogP contribution in [0.2, 0.25) is 0 Å². The maximum Gasteiger partial charge on any atom is 0.00863 e. The summed E-state index contributed by atoms with van der Waals surface area (Å²) in [7, 11) is 4.23. The van der Waals surface area contributed by atoms with Gasteiger partial charge in [0.25, 0.3) is 0 Å². The largest absolute Gasteiger partial charge is 0.309 e. The van der Waals surface area contributed by atoms with E-state index >= 15 is 0 Å². The van der Waals surface area contributed by atoms with E-state index < -0.39 is 0 Å². The highest BCUT2D eigenvalue weighted by Gasteiger charge is 1.88. The zero-order valence-electron chi connectivity index (χ0n) is 6.06. The average molecular weight is 259 g/mol. The van der Waals surface area contributed by atoms with Gasteiger partial charge >= 0.3 is 0 Å². The second-order valence-electron chi connectivity index (χ2n) is 2.10. The lowest BCUT2D eigenvalue weighted by Crippen LogP contribution is -2.14. The molecular formula is C6H14INS. The first-order chi connectivity index (χ1) is 4.27. The zero-order chi connectivity index (χ0) is 7.11. The van der Waals surface area contributed by atoms with Crippen LogP contribution in [0.4, 0.5) is 0 Å². The Labute approximate surface area is 75.7 Å². The molecule has 0 bridgehead atoms. The first-order valence-corrected chi connectivity index (χ1v) is 5.74. The van der Waals surface area contributed by atoms with Crippen molar-refractivity contribution in [2.75, 3.05) is 36.6 Å². The molecule has 0 fully saturated rings. The summed E-state index contributed by atoms with van der Waals surface area (Å²) in [5.41, 5.74) is 0. The zero-order valence-corrected chi connectivity index (χ0v) is 9.04. The van der Waals surface area contributed by atoms with Gasteiger partial charge in [0, 0.05) is 22.5 Å². The van der Waals surface area contributed by atoms with Gasteiger partial charge in [0.05, 0.1) is 0 Å². The first kappa shape index (κ1) is 10.0. The summed E-state index contributed by atoms with van der Waals surface area (Å²) in [6.07, 6.45) is 0. The molecule has 0 aliphatic heterocycles. The molecule has 0 aromatic rings. The quantitative estimate of drug-likeness (QED) is 0.420. The molecule has 56 valence electrons. The minimum Gasteiger partial charge on any atom is -0.309 e. The number of hydrogen-bond donors (Lipinski definition) is 0. The van der Waals surface area contributed by atoms with Crippen molar-refractivity contribution in [3.8, 4) is 0 Å². The van der Waals surface area contributed by atoms with E-state index in [-0.39, 0.29) is 0 Å². The molecule has 0 amide bonds. The molecule has 0 aliphatic rings. The summed E-state index contributed by atoms with van der Waals surface area (Å²) in [4.78, 5) is 2.22. The van der Waals surface area contributed by atoms with Crippen molar-refractivity contribution < 1.29 is 0 Å². The van der Waals surface area contributed by atoms with Gasteiger partial charge in [-0.25, -0.2) is 0 Å². The van der Waals surface area contributed by atoms with E-state index in [1.54, 1.807) is 0 Å². The maximum atomic E-state index is 2.41. The third-order valence-electron chi connectivity index (χ3n) is 0.904. The lowest BCUT2D eigenvalue weighted by atomic mass is 10.7. The van der Waals surface area contributed by atoms with Crippen LogP contribution in [-0.4, -0.2) is 41.5 Å². The molecule has 0 spiro atoms. The van der Waals surface area contributed by atoms with E-state index in [0.717, 1.165) is 0 Å². The molecule has 1 nitrogen and oxygen atoms in total. The van der Waals surface area contributed by atoms with E-state index in [0.29, 0.717) is 0 Å². The standard InChI is InChI=1S/C6H14INS/c1-8(2)4-6-9-5-3-7/h3-6H2,1-2H3. The van der Waals surface area contributed by atoms with Crippen molar-refractivity contribution in [3.63, 3.8) is 0 Å². The van der Waals surface area contributed by atoms with Gasteiger partial charge in [-0.15, -0.1) is 0 Å². The monoisotopic (exact) mass is 259 g/mol. The minimum absolute atomic E-state index is 1.21. The molecule has 0 atom stereocenters. The van der Waals surface area contributed by atoms with E-state index in [4.69, 9.17) is 0 Å². The van der Waals surface area contributed by atoms with Gasteiger partial charge in [-0.05, 0) is 14.1 Å². The van der Waals surface area contributed by atoms with Gasteiger partial charge in [-0.1, -0.05) is 22.6 Å². The van der Waals surface area contributed by atoms with E-state index in [2.05, 4.69) is 41.6 Å². The van der Waals surface area contributed by atoms with Crippen LogP contribution in [-0.2, 0) is 0 Å². The Kier molecular flexibility index (Phi) is 7.98. The smallest absolute Gasteiger partial charge is 0.00863 e. The predicted molar refractivity (Wildman–Crippen MR) is 54.8 cm³/mol. The Hall–Kier alpha value is 1.04. The lowest BCUT2D eigenvalue weighted by molar-refractivity contribution is 0.437. The third-order valence-corrected chi connectivity index (χ3v) is 3.14. The number of hydrogen-bond acceptors (Lipinski definition) is 2. The van der Waals surface area contributed by atoms with Crippen LogP contribution < -0.4 is 0 Å². The fourth-order valence-corrected chi connectivity index (χ4v) is 2.15. The van der Waals surface area contributed by atoms with Gasteiger partial charge in [0.1, 0.15) is 0 Å². The number of thioether (sulfide) groups is 1. The highest BCUT2D eigenvalue weighted by Crippen LogP contribution is 2.00. The van der Waals surface area contributed by atoms with E-state index in [1.165, 1.54) is 22.5 Å². The molecule has 0 radical (unpaired) electrons. The summed E-state index contributed by atoms with van der Waals surface area (Å²) in [5.74, 6) is 2.57. The number of nitrogens with zero attached hydrogens (tertiary/aromatic N) is 1. The van der Waals surface area contributed by atoms with Crippen molar-refractivity contribution in [2.24, 2.45) is 0 Å². The van der Waals surface area contributed by atoms with Gasteiger partial charge < -0.3 is 4.90 Å². The van der Waals surface area contributed by atoms with Crippen molar-refractivity contribution >= 4 is 34.4 Å². The molecule has 0 unspecified atom stereocenters. The SMILES string of the molecule is CN(C)CCSCCI. The number of halogens is 1. The van der Waals surface area contributed by atoms with E-state index in [1.807, 2.05) is 11.8 Å². The number of alkyl halides is 1. The van der Waals surface area contributed by atoms with Crippen LogP contribution in [0, 0.1) is 0 Å². The maximum absolute atomic E-state index is 2.41. The molecule has 0 N–H and O–H groups in total. The van der Waals surface area contributed by atoms with Gasteiger partial charge in [-0.3, -0.25) is 0 Å². The highest BCUT2D eigenvalue weighted by molar-refractivity contribution is 14.1. The second-order valence-corrected chi connectivity index (χ2v) is 4.41. The fourth-order valence-electron chi connectivity index (χ4n) is 0.404. The van der Waals surface area contributed by atoms with Crippen LogP contribution in [0.3, 0.4) is 0 Å². The molecule has 0 heterocycles. The Morgan fingerprint density at radius 1 is 1.33 bits per heavy atom. The number of rotatable bonds is 5. The normalized spacial score (nSPS) is 10.7. The lowest BCUT2D eigenvalue weighted by Gasteiger charge is -2.07. The highest BCUT2D eigenvalue weighted by atomic mass is 127. The van der Waals surface area contributed by atoms with Crippen molar-refractivity contribution in [3.05, 3.63) is 0 Å². The Balaban J connectivity index is 2.75. The molecule has 0 saturated heterocycles. The summed E-state index contributed by atoms with van der Waals surface area (Å²) in [6.45, 7) is 1.21. The molecule has 0 aliphatic carbocycles. The Morgan fingerprint density at radius 2 is 2.00 bits per heavy atom.